The fourth-order valence-corrected chi connectivity index (χ4v) is 3.66. The van der Waals surface area contributed by atoms with Gasteiger partial charge in [0.15, 0.2) is 0 Å². The van der Waals surface area contributed by atoms with E-state index in [1.54, 1.807) is 32.4 Å². The molecule has 1 saturated heterocycles. The van der Waals surface area contributed by atoms with E-state index in [4.69, 9.17) is 9.47 Å². The molecule has 0 bridgehead atoms. The number of hydrogen-bond acceptors (Lipinski definition) is 5. The third-order valence-electron chi connectivity index (χ3n) is 5.14. The molecule has 2 aromatic rings. The molecule has 30 heavy (non-hydrogen) atoms. The monoisotopic (exact) mass is 413 g/mol. The smallest absolute Gasteiger partial charge is 0.295 e. The zero-order valence-corrected chi connectivity index (χ0v) is 17.1. The minimum Gasteiger partial charge on any atom is -0.507 e. The van der Waals surface area contributed by atoms with Crippen molar-refractivity contribution in [1.82, 2.24) is 4.90 Å². The lowest BCUT2D eigenvalue weighted by atomic mass is 9.94. The zero-order valence-electron chi connectivity index (χ0n) is 17.1. The highest BCUT2D eigenvalue weighted by Crippen LogP contribution is 2.39. The SMILES string of the molecule is COCCCN1C(=O)C(=O)/C(=C(\O)c2ccc(OC)c(C)c2)C1c1ccc(F)cc1. The molecule has 1 amide bonds. The molecule has 0 radical (unpaired) electrons. The molecule has 1 fully saturated rings. The Hall–Kier alpha value is -3.19. The topological polar surface area (TPSA) is 76.1 Å². The quantitative estimate of drug-likeness (QED) is 0.325. The fourth-order valence-electron chi connectivity index (χ4n) is 3.66. The largest absolute Gasteiger partial charge is 0.507 e. The molecule has 1 heterocycles. The number of ketones is 1. The van der Waals surface area contributed by atoms with Gasteiger partial charge in [-0.3, -0.25) is 9.59 Å². The highest BCUT2D eigenvalue weighted by atomic mass is 19.1. The molecule has 6 nitrogen and oxygen atoms in total. The van der Waals surface area contributed by atoms with Gasteiger partial charge in [0.1, 0.15) is 17.3 Å². The van der Waals surface area contributed by atoms with Gasteiger partial charge in [0.05, 0.1) is 18.7 Å². The number of amides is 1. The van der Waals surface area contributed by atoms with E-state index in [1.165, 1.54) is 29.2 Å². The van der Waals surface area contributed by atoms with Crippen LogP contribution in [0.5, 0.6) is 5.75 Å². The third kappa shape index (κ3) is 4.07. The Balaban J connectivity index is 2.12. The number of carbonyl (C=O) groups excluding carboxylic acids is 2. The summed E-state index contributed by atoms with van der Waals surface area (Å²) in [5, 5.41) is 11.0. The summed E-state index contributed by atoms with van der Waals surface area (Å²) in [5.41, 5.74) is 1.69. The Morgan fingerprint density at radius 1 is 1.13 bits per heavy atom. The van der Waals surface area contributed by atoms with Gasteiger partial charge in [-0.2, -0.15) is 0 Å². The summed E-state index contributed by atoms with van der Waals surface area (Å²) in [7, 11) is 3.10. The first-order valence-electron chi connectivity index (χ1n) is 9.56. The molecule has 1 unspecified atom stereocenters. The average molecular weight is 413 g/mol. The van der Waals surface area contributed by atoms with Gasteiger partial charge in [0.2, 0.25) is 0 Å². The lowest BCUT2D eigenvalue weighted by molar-refractivity contribution is -0.140. The van der Waals surface area contributed by atoms with Gasteiger partial charge >= 0.3 is 0 Å². The van der Waals surface area contributed by atoms with Gasteiger partial charge in [-0.1, -0.05) is 12.1 Å². The fraction of sp³-hybridized carbons (Fsp3) is 0.304. The van der Waals surface area contributed by atoms with E-state index in [0.29, 0.717) is 29.9 Å². The van der Waals surface area contributed by atoms with E-state index in [2.05, 4.69) is 0 Å². The van der Waals surface area contributed by atoms with Crippen molar-refractivity contribution < 1.29 is 28.6 Å². The van der Waals surface area contributed by atoms with E-state index in [1.807, 2.05) is 6.92 Å². The summed E-state index contributed by atoms with van der Waals surface area (Å²) in [5.74, 6) is -1.54. The second-order valence-electron chi connectivity index (χ2n) is 7.07. The number of likely N-dealkylation sites (tertiary alicyclic amines) is 1. The van der Waals surface area contributed by atoms with E-state index in [9.17, 15) is 19.1 Å². The number of benzene rings is 2. The van der Waals surface area contributed by atoms with Crippen molar-refractivity contribution in [1.29, 1.82) is 0 Å². The molecule has 1 N–H and O–H groups in total. The molecule has 0 aliphatic carbocycles. The second kappa shape index (κ2) is 9.09. The number of aryl methyl sites for hydroxylation is 1. The Labute approximate surface area is 174 Å². The first-order chi connectivity index (χ1) is 14.4. The van der Waals surface area contributed by atoms with Crippen LogP contribution in [0.2, 0.25) is 0 Å². The third-order valence-corrected chi connectivity index (χ3v) is 5.14. The molecule has 7 heteroatoms. The van der Waals surface area contributed by atoms with Crippen molar-refractivity contribution in [2.75, 3.05) is 27.4 Å². The van der Waals surface area contributed by atoms with Crippen molar-refractivity contribution >= 4 is 17.4 Å². The average Bonchev–Trinajstić information content (AvgIpc) is 2.99. The second-order valence-corrected chi connectivity index (χ2v) is 7.07. The Morgan fingerprint density at radius 3 is 2.43 bits per heavy atom. The normalized spacial score (nSPS) is 18.1. The molecule has 0 aromatic heterocycles. The number of methoxy groups -OCH3 is 2. The predicted molar refractivity (Wildman–Crippen MR) is 110 cm³/mol. The van der Waals surface area contributed by atoms with Gasteiger partial charge in [-0.25, -0.2) is 4.39 Å². The minimum absolute atomic E-state index is 0.0198. The lowest BCUT2D eigenvalue weighted by Gasteiger charge is -2.25. The molecular formula is C23H24FNO5. The maximum atomic E-state index is 13.5. The maximum Gasteiger partial charge on any atom is 0.295 e. The Kier molecular flexibility index (Phi) is 6.52. The van der Waals surface area contributed by atoms with E-state index in [-0.39, 0.29) is 17.9 Å². The maximum absolute atomic E-state index is 13.5. The van der Waals surface area contributed by atoms with E-state index in [0.717, 1.165) is 5.56 Å². The summed E-state index contributed by atoms with van der Waals surface area (Å²) < 4.78 is 23.8. The van der Waals surface area contributed by atoms with E-state index < -0.39 is 23.5 Å². The highest BCUT2D eigenvalue weighted by molar-refractivity contribution is 6.46. The van der Waals surface area contributed by atoms with Crippen molar-refractivity contribution in [3.63, 3.8) is 0 Å². The standard InChI is InChI=1S/C23H24FNO5/c1-14-13-16(7-10-18(14)30-3)21(26)19-20(15-5-8-17(24)9-6-15)25(11-4-12-29-2)23(28)22(19)27/h5-10,13,20,26H,4,11-12H2,1-3H3/b21-19-. The van der Waals surface area contributed by atoms with Crippen molar-refractivity contribution in [3.05, 3.63) is 70.5 Å². The van der Waals surface area contributed by atoms with Gasteiger partial charge in [0.25, 0.3) is 11.7 Å². The van der Waals surface area contributed by atoms with Gasteiger partial charge < -0.3 is 19.5 Å². The predicted octanol–water partition coefficient (Wildman–Crippen LogP) is 3.60. The first kappa shape index (κ1) is 21.5. The highest BCUT2D eigenvalue weighted by Gasteiger charge is 2.45. The van der Waals surface area contributed by atoms with Crippen LogP contribution in [-0.2, 0) is 14.3 Å². The number of rotatable bonds is 7. The summed E-state index contributed by atoms with van der Waals surface area (Å²) in [6.45, 7) is 2.49. The molecule has 3 rings (SSSR count). The number of Topliss-reactive ketones (excluding diaryl/α,β-unsaturated/α-hetero) is 1. The summed E-state index contributed by atoms with van der Waals surface area (Å²) in [6, 6.07) is 9.75. The van der Waals surface area contributed by atoms with Crippen molar-refractivity contribution in [2.24, 2.45) is 0 Å². The van der Waals surface area contributed by atoms with Crippen LogP contribution in [0.25, 0.3) is 5.76 Å². The van der Waals surface area contributed by atoms with Crippen LogP contribution in [-0.4, -0.2) is 49.1 Å². The number of nitrogens with zero attached hydrogens (tertiary/aromatic N) is 1. The van der Waals surface area contributed by atoms with Crippen LogP contribution >= 0.6 is 0 Å². The molecule has 1 aliphatic rings. The van der Waals surface area contributed by atoms with Crippen molar-refractivity contribution in [2.45, 2.75) is 19.4 Å². The van der Waals surface area contributed by atoms with Crippen LogP contribution < -0.4 is 4.74 Å². The number of ether oxygens (including phenoxy) is 2. The molecule has 2 aromatic carbocycles. The van der Waals surface area contributed by atoms with Crippen molar-refractivity contribution in [3.8, 4) is 5.75 Å². The van der Waals surface area contributed by atoms with Gasteiger partial charge in [0, 0.05) is 25.8 Å². The van der Waals surface area contributed by atoms with Crippen LogP contribution in [0.4, 0.5) is 4.39 Å². The molecule has 0 saturated carbocycles. The molecule has 1 atom stereocenters. The van der Waals surface area contributed by atoms with Crippen LogP contribution in [0.15, 0.2) is 48.0 Å². The van der Waals surface area contributed by atoms with Crippen LogP contribution in [0, 0.1) is 12.7 Å². The number of aliphatic hydroxyl groups excluding tert-OH is 1. The number of carbonyl (C=O) groups is 2. The summed E-state index contributed by atoms with van der Waals surface area (Å²) >= 11 is 0. The number of halogens is 1. The molecule has 158 valence electrons. The Bertz CT molecular complexity index is 984. The van der Waals surface area contributed by atoms with Gasteiger partial charge in [-0.15, -0.1) is 0 Å². The number of aliphatic hydroxyl groups is 1. The minimum atomic E-state index is -0.815. The number of hydrogen-bond donors (Lipinski definition) is 1. The molecular weight excluding hydrogens is 389 g/mol. The molecule has 1 aliphatic heterocycles. The van der Waals surface area contributed by atoms with Crippen LogP contribution in [0.3, 0.4) is 0 Å². The zero-order chi connectivity index (χ0) is 21.8. The lowest BCUT2D eigenvalue weighted by Crippen LogP contribution is -2.31. The molecule has 0 spiro atoms. The summed E-state index contributed by atoms with van der Waals surface area (Å²) in [4.78, 5) is 27.0. The summed E-state index contributed by atoms with van der Waals surface area (Å²) in [6.07, 6.45) is 0.517. The van der Waals surface area contributed by atoms with Gasteiger partial charge in [-0.05, 0) is 54.8 Å². The van der Waals surface area contributed by atoms with E-state index >= 15 is 0 Å². The van der Waals surface area contributed by atoms with Crippen LogP contribution in [0.1, 0.15) is 29.2 Å². The first-order valence-corrected chi connectivity index (χ1v) is 9.56. The Morgan fingerprint density at radius 2 is 1.83 bits per heavy atom.